The highest BCUT2D eigenvalue weighted by atomic mass is 28.4. The quantitative estimate of drug-likeness (QED) is 0.335. The molecule has 0 aliphatic rings. The average Bonchev–Trinajstić information content (AvgIpc) is 2.21. The molecule has 0 aromatic heterocycles. The van der Waals surface area contributed by atoms with Gasteiger partial charge in [0.1, 0.15) is 0 Å². The molecule has 0 aromatic carbocycles. The van der Waals surface area contributed by atoms with E-state index in [1.807, 2.05) is 48.5 Å². The summed E-state index contributed by atoms with van der Waals surface area (Å²) in [4.78, 5) is 0. The van der Waals surface area contributed by atoms with Gasteiger partial charge in [0.15, 0.2) is 0 Å². The van der Waals surface area contributed by atoms with Gasteiger partial charge in [-0.3, -0.25) is 0 Å². The second-order valence-electron chi connectivity index (χ2n) is 5.64. The number of hydrogen-bond acceptors (Lipinski definition) is 3. The van der Waals surface area contributed by atoms with Crippen LogP contribution in [0.4, 0.5) is 0 Å². The summed E-state index contributed by atoms with van der Waals surface area (Å²) in [7, 11) is -2.57. The maximum Gasteiger partial charge on any atom is 0.501 e. The summed E-state index contributed by atoms with van der Waals surface area (Å²) in [6.07, 6.45) is 6.75. The minimum absolute atomic E-state index is 0.130. The molecule has 3 nitrogen and oxygen atoms in total. The summed E-state index contributed by atoms with van der Waals surface area (Å²) in [5, 5.41) is 0. The van der Waals surface area contributed by atoms with Crippen LogP contribution in [0.3, 0.4) is 0 Å². The maximum absolute atomic E-state index is 6.11. The van der Waals surface area contributed by atoms with Crippen molar-refractivity contribution in [2.24, 2.45) is 0 Å². The van der Waals surface area contributed by atoms with Crippen LogP contribution in [-0.4, -0.2) is 27.1 Å². The van der Waals surface area contributed by atoms with E-state index in [2.05, 4.69) is 12.2 Å². The Kier molecular flexibility index (Phi) is 9.61. The van der Waals surface area contributed by atoms with E-state index in [-0.39, 0.29) is 18.3 Å². The maximum atomic E-state index is 6.11. The Bertz CT molecular complexity index is 223. The predicted molar refractivity (Wildman–Crippen MR) is 83.3 cm³/mol. The molecule has 0 aliphatic carbocycles. The van der Waals surface area contributed by atoms with Gasteiger partial charge in [-0.2, -0.15) is 0 Å². The monoisotopic (exact) mass is 288 g/mol. The normalized spacial score (nSPS) is 13.4. The molecule has 0 saturated carbocycles. The summed E-state index contributed by atoms with van der Waals surface area (Å²) in [6.45, 7) is 14.3. The highest BCUT2D eigenvalue weighted by Crippen LogP contribution is 2.24. The van der Waals surface area contributed by atoms with Gasteiger partial charge in [-0.15, -0.1) is 0 Å². The van der Waals surface area contributed by atoms with E-state index in [1.54, 1.807) is 0 Å². The highest BCUT2D eigenvalue weighted by molar-refractivity contribution is 6.60. The van der Waals surface area contributed by atoms with E-state index < -0.39 is 8.80 Å². The van der Waals surface area contributed by atoms with Gasteiger partial charge in [-0.05, 0) is 61.3 Å². The van der Waals surface area contributed by atoms with E-state index in [1.165, 1.54) is 0 Å². The summed E-state index contributed by atoms with van der Waals surface area (Å²) in [5.74, 6) is 0. The Morgan fingerprint density at radius 1 is 0.842 bits per heavy atom. The van der Waals surface area contributed by atoms with Crippen molar-refractivity contribution < 1.29 is 13.3 Å². The molecule has 0 spiro atoms. The Hall–Kier alpha value is -0.163. The van der Waals surface area contributed by atoms with Crippen molar-refractivity contribution in [3.63, 3.8) is 0 Å². The zero-order chi connectivity index (χ0) is 14.9. The van der Waals surface area contributed by atoms with Crippen molar-refractivity contribution in [2.75, 3.05) is 0 Å². The molecule has 0 heterocycles. The van der Waals surface area contributed by atoms with Crippen molar-refractivity contribution in [1.82, 2.24) is 0 Å². The van der Waals surface area contributed by atoms with Crippen LogP contribution in [0.1, 0.15) is 61.3 Å². The largest absolute Gasteiger partial charge is 0.501 e. The molecule has 0 N–H and O–H groups in total. The summed E-state index contributed by atoms with van der Waals surface area (Å²) in [6, 6.07) is 0.881. The van der Waals surface area contributed by atoms with Crippen LogP contribution in [0.2, 0.25) is 6.04 Å². The van der Waals surface area contributed by atoms with Gasteiger partial charge in [0.05, 0.1) is 0 Å². The third-order valence-electron chi connectivity index (χ3n) is 2.34. The van der Waals surface area contributed by atoms with Crippen molar-refractivity contribution in [2.45, 2.75) is 85.7 Å². The van der Waals surface area contributed by atoms with Gasteiger partial charge in [0.2, 0.25) is 0 Å². The highest BCUT2D eigenvalue weighted by Gasteiger charge is 2.43. The lowest BCUT2D eigenvalue weighted by Crippen LogP contribution is -2.50. The van der Waals surface area contributed by atoms with E-state index in [9.17, 15) is 0 Å². The second-order valence-corrected chi connectivity index (χ2v) is 8.22. The van der Waals surface area contributed by atoms with Gasteiger partial charge in [-0.1, -0.05) is 12.2 Å². The summed E-state index contributed by atoms with van der Waals surface area (Å²) < 4.78 is 18.3. The Labute approximate surface area is 120 Å². The first-order chi connectivity index (χ1) is 8.81. The number of allylic oxidation sites excluding steroid dienone is 2. The summed E-state index contributed by atoms with van der Waals surface area (Å²) >= 11 is 0. The molecule has 0 aliphatic heterocycles. The average molecular weight is 289 g/mol. The van der Waals surface area contributed by atoms with Gasteiger partial charge in [-0.25, -0.2) is 0 Å². The first kappa shape index (κ1) is 18.8. The van der Waals surface area contributed by atoms with Gasteiger partial charge in [0, 0.05) is 24.4 Å². The number of unbranched alkanes of at least 4 members (excludes halogenated alkanes) is 1. The molecule has 0 radical (unpaired) electrons. The van der Waals surface area contributed by atoms with Crippen molar-refractivity contribution in [1.29, 1.82) is 0 Å². The molecule has 0 atom stereocenters. The smallest absolute Gasteiger partial charge is 0.371 e. The molecule has 0 aromatic rings. The molecule has 0 rings (SSSR count). The number of hydrogen-bond donors (Lipinski definition) is 0. The van der Waals surface area contributed by atoms with Crippen LogP contribution in [0.15, 0.2) is 12.2 Å². The predicted octanol–water partition coefficient (Wildman–Crippen LogP) is 4.56. The third-order valence-corrected chi connectivity index (χ3v) is 5.79. The van der Waals surface area contributed by atoms with E-state index in [0.29, 0.717) is 0 Å². The fourth-order valence-corrected chi connectivity index (χ4v) is 5.25. The third kappa shape index (κ3) is 9.38. The first-order valence-corrected chi connectivity index (χ1v) is 9.39. The lowest BCUT2D eigenvalue weighted by atomic mass is 10.3. The molecule has 0 bridgehead atoms. The first-order valence-electron chi connectivity index (χ1n) is 7.46. The van der Waals surface area contributed by atoms with E-state index in [0.717, 1.165) is 18.9 Å². The molecule has 0 unspecified atom stereocenters. The molecule has 4 heteroatoms. The van der Waals surface area contributed by atoms with E-state index >= 15 is 0 Å². The van der Waals surface area contributed by atoms with Gasteiger partial charge >= 0.3 is 8.80 Å². The minimum atomic E-state index is -2.57. The lowest BCUT2D eigenvalue weighted by molar-refractivity contribution is 0.00295. The number of rotatable bonds is 10. The SMILES string of the molecule is CC=CCCC[Si](OC(C)C)(OC(C)C)OC(C)C. The van der Waals surface area contributed by atoms with Crippen LogP contribution in [0, 0.1) is 0 Å². The standard InChI is InChI=1S/C15H32O3Si/c1-8-9-10-11-12-19(16-13(2)3,17-14(4)5)18-15(6)7/h8-9,13-15H,10-12H2,1-7H3. The second kappa shape index (κ2) is 9.70. The molecule has 0 fully saturated rings. The molecular formula is C15H32O3Si. The molecule has 19 heavy (non-hydrogen) atoms. The van der Waals surface area contributed by atoms with Gasteiger partial charge in [0.25, 0.3) is 0 Å². The molecule has 0 amide bonds. The Balaban J connectivity index is 4.77. The van der Waals surface area contributed by atoms with Crippen molar-refractivity contribution in [3.05, 3.63) is 12.2 Å². The Morgan fingerprint density at radius 3 is 1.58 bits per heavy atom. The fraction of sp³-hybridized carbons (Fsp3) is 0.867. The minimum Gasteiger partial charge on any atom is -0.371 e. The summed E-state index contributed by atoms with van der Waals surface area (Å²) in [5.41, 5.74) is 0. The van der Waals surface area contributed by atoms with Crippen molar-refractivity contribution in [3.8, 4) is 0 Å². The zero-order valence-corrected chi connectivity index (χ0v) is 14.7. The topological polar surface area (TPSA) is 27.7 Å². The molecule has 0 saturated heterocycles. The van der Waals surface area contributed by atoms with Crippen molar-refractivity contribution >= 4 is 8.80 Å². The molecule has 114 valence electrons. The zero-order valence-electron chi connectivity index (χ0n) is 13.7. The van der Waals surface area contributed by atoms with Crippen LogP contribution in [0.5, 0.6) is 0 Å². The van der Waals surface area contributed by atoms with Gasteiger partial charge < -0.3 is 13.3 Å². The van der Waals surface area contributed by atoms with Crippen LogP contribution in [0.25, 0.3) is 0 Å². The van der Waals surface area contributed by atoms with Crippen LogP contribution in [-0.2, 0) is 13.3 Å². The van der Waals surface area contributed by atoms with Crippen LogP contribution >= 0.6 is 0 Å². The van der Waals surface area contributed by atoms with E-state index in [4.69, 9.17) is 13.3 Å². The molecular weight excluding hydrogens is 256 g/mol. The van der Waals surface area contributed by atoms with Crippen LogP contribution < -0.4 is 0 Å². The fourth-order valence-electron chi connectivity index (χ4n) is 1.94. The Morgan fingerprint density at radius 2 is 1.26 bits per heavy atom. The lowest BCUT2D eigenvalue weighted by Gasteiger charge is -2.34.